The molecule has 0 aliphatic heterocycles. The normalized spacial score (nSPS) is 13.0. The van der Waals surface area contributed by atoms with Gasteiger partial charge in [-0.3, -0.25) is 4.99 Å². The first-order valence-electron chi connectivity index (χ1n) is 2.85. The third-order valence-electron chi connectivity index (χ3n) is 0.877. The zero-order valence-corrected chi connectivity index (χ0v) is 6.46. The molecule has 4 heteroatoms. The molecule has 10 heavy (non-hydrogen) atoms. The molecule has 0 atom stereocenters. The zero-order valence-electron chi connectivity index (χ0n) is 6.46. The van der Waals surface area contributed by atoms with Crippen LogP contribution < -0.4 is 0 Å². The molecule has 0 rings (SSSR count). The summed E-state index contributed by atoms with van der Waals surface area (Å²) in [5.41, 5.74) is -1.09. The lowest BCUT2D eigenvalue weighted by atomic mass is 10.1. The number of hydrogen-bond donors (Lipinski definition) is 1. The minimum atomic E-state index is -1.09. The number of rotatable bonds is 2. The average molecular weight is 144 g/mol. The van der Waals surface area contributed by atoms with Gasteiger partial charge in [0.25, 0.3) is 5.90 Å². The maximum absolute atomic E-state index is 9.26. The van der Waals surface area contributed by atoms with E-state index in [0.717, 1.165) is 0 Å². The van der Waals surface area contributed by atoms with Crippen LogP contribution in [0.1, 0.15) is 13.8 Å². The van der Waals surface area contributed by atoms with Gasteiger partial charge in [0.05, 0.1) is 0 Å². The second-order valence-electron chi connectivity index (χ2n) is 2.31. The summed E-state index contributed by atoms with van der Waals surface area (Å²) in [4.78, 5) is 8.23. The molecule has 0 fully saturated rings. The Morgan fingerprint density at radius 1 is 1.60 bits per heavy atom. The largest absolute Gasteiger partial charge is 0.381 e. The van der Waals surface area contributed by atoms with E-state index in [1.165, 1.54) is 7.05 Å². The number of aliphatic hydroxyl groups is 1. The van der Waals surface area contributed by atoms with Crippen molar-refractivity contribution < 1.29 is 9.94 Å². The summed E-state index contributed by atoms with van der Waals surface area (Å²) in [6, 6.07) is 0. The molecule has 0 radical (unpaired) electrons. The van der Waals surface area contributed by atoms with Gasteiger partial charge in [-0.1, -0.05) is 5.16 Å². The van der Waals surface area contributed by atoms with Gasteiger partial charge in [-0.2, -0.15) is 0 Å². The monoisotopic (exact) mass is 144 g/mol. The summed E-state index contributed by atoms with van der Waals surface area (Å²) in [7, 11) is 1.51. The summed E-state index contributed by atoms with van der Waals surface area (Å²) in [6.45, 7) is 6.21. The fourth-order valence-corrected chi connectivity index (χ4v) is 0.487. The van der Waals surface area contributed by atoms with Gasteiger partial charge in [-0.05, 0) is 13.8 Å². The fourth-order valence-electron chi connectivity index (χ4n) is 0.487. The van der Waals surface area contributed by atoms with Crippen LogP contribution in [0.15, 0.2) is 10.1 Å². The lowest BCUT2D eigenvalue weighted by molar-refractivity contribution is 0.115. The van der Waals surface area contributed by atoms with Crippen molar-refractivity contribution in [2.75, 3.05) is 7.05 Å². The van der Waals surface area contributed by atoms with E-state index in [1.807, 2.05) is 0 Å². The summed E-state index contributed by atoms with van der Waals surface area (Å²) < 4.78 is 0. The van der Waals surface area contributed by atoms with E-state index < -0.39 is 5.60 Å². The summed E-state index contributed by atoms with van der Waals surface area (Å²) in [5.74, 6) is 0.155. The van der Waals surface area contributed by atoms with Crippen molar-refractivity contribution in [2.24, 2.45) is 10.1 Å². The SMILES string of the molecule is C=NO/C(=N\C)C(C)(C)O. The Balaban J connectivity index is 4.23. The Bertz CT molecular complexity index is 146. The minimum Gasteiger partial charge on any atom is -0.381 e. The molecule has 0 aromatic heterocycles. The van der Waals surface area contributed by atoms with Crippen LogP contribution in [-0.2, 0) is 4.84 Å². The molecule has 58 valence electrons. The predicted molar refractivity (Wildman–Crippen MR) is 40.3 cm³/mol. The minimum absolute atomic E-state index is 0.155. The molecule has 0 aromatic rings. The van der Waals surface area contributed by atoms with Crippen molar-refractivity contribution in [3.8, 4) is 0 Å². The van der Waals surface area contributed by atoms with Gasteiger partial charge in [-0.15, -0.1) is 0 Å². The highest BCUT2D eigenvalue weighted by Crippen LogP contribution is 2.05. The van der Waals surface area contributed by atoms with E-state index in [4.69, 9.17) is 0 Å². The zero-order chi connectivity index (χ0) is 8.20. The molecule has 4 nitrogen and oxygen atoms in total. The molecule has 1 N–H and O–H groups in total. The highest BCUT2D eigenvalue weighted by molar-refractivity contribution is 5.83. The van der Waals surface area contributed by atoms with Gasteiger partial charge in [-0.25, -0.2) is 0 Å². The van der Waals surface area contributed by atoms with Crippen molar-refractivity contribution in [2.45, 2.75) is 19.4 Å². The Morgan fingerprint density at radius 3 is 2.20 bits per heavy atom. The van der Waals surface area contributed by atoms with Crippen molar-refractivity contribution >= 4 is 12.6 Å². The summed E-state index contributed by atoms with van der Waals surface area (Å²) in [6.07, 6.45) is 0. The third-order valence-corrected chi connectivity index (χ3v) is 0.877. The lowest BCUT2D eigenvalue weighted by Gasteiger charge is -2.15. The van der Waals surface area contributed by atoms with Crippen LogP contribution in [0.3, 0.4) is 0 Å². The second-order valence-corrected chi connectivity index (χ2v) is 2.31. The van der Waals surface area contributed by atoms with E-state index in [0.29, 0.717) is 0 Å². The van der Waals surface area contributed by atoms with Gasteiger partial charge in [0.15, 0.2) is 0 Å². The van der Waals surface area contributed by atoms with Crippen molar-refractivity contribution in [3.05, 3.63) is 0 Å². The van der Waals surface area contributed by atoms with Gasteiger partial charge >= 0.3 is 0 Å². The molecular weight excluding hydrogens is 132 g/mol. The highest BCUT2D eigenvalue weighted by atomic mass is 16.6. The second kappa shape index (κ2) is 3.31. The van der Waals surface area contributed by atoms with E-state index in [-0.39, 0.29) is 5.90 Å². The van der Waals surface area contributed by atoms with Gasteiger partial charge in [0, 0.05) is 13.8 Å². The van der Waals surface area contributed by atoms with Crippen LogP contribution in [0.25, 0.3) is 0 Å². The third kappa shape index (κ3) is 2.59. The number of nitrogens with zero attached hydrogens (tertiary/aromatic N) is 2. The fraction of sp³-hybridized carbons (Fsp3) is 0.667. The standard InChI is InChI=1S/C6H12N2O2/c1-6(2,9)5(7-3)10-8-4/h9H,4H2,1-3H3/b7-5-. The average Bonchev–Trinajstić information content (AvgIpc) is 1.80. The number of aliphatic imine (C=N–C) groups is 1. The van der Waals surface area contributed by atoms with Crippen molar-refractivity contribution in [1.82, 2.24) is 0 Å². The summed E-state index contributed by atoms with van der Waals surface area (Å²) in [5, 5.41) is 12.4. The van der Waals surface area contributed by atoms with E-state index >= 15 is 0 Å². The van der Waals surface area contributed by atoms with Crippen molar-refractivity contribution in [3.63, 3.8) is 0 Å². The van der Waals surface area contributed by atoms with Crippen LogP contribution in [-0.4, -0.2) is 30.4 Å². The number of oxime groups is 1. The summed E-state index contributed by atoms with van der Waals surface area (Å²) >= 11 is 0. The smallest absolute Gasteiger partial charge is 0.251 e. The van der Waals surface area contributed by atoms with Gasteiger partial charge in [0.1, 0.15) is 5.60 Å². The highest BCUT2D eigenvalue weighted by Gasteiger charge is 2.22. The molecule has 0 bridgehead atoms. The molecule has 0 amide bonds. The van der Waals surface area contributed by atoms with E-state index in [2.05, 4.69) is 21.7 Å². The lowest BCUT2D eigenvalue weighted by Crippen LogP contribution is -2.32. The number of hydrogen-bond acceptors (Lipinski definition) is 4. The first kappa shape index (κ1) is 9.10. The van der Waals surface area contributed by atoms with E-state index in [9.17, 15) is 5.11 Å². The Kier molecular flexibility index (Phi) is 3.02. The van der Waals surface area contributed by atoms with E-state index in [1.54, 1.807) is 13.8 Å². The Morgan fingerprint density at radius 2 is 2.10 bits per heavy atom. The van der Waals surface area contributed by atoms with Gasteiger partial charge < -0.3 is 9.94 Å². The maximum atomic E-state index is 9.26. The van der Waals surface area contributed by atoms with Gasteiger partial charge in [0.2, 0.25) is 0 Å². The molecule has 0 spiro atoms. The van der Waals surface area contributed by atoms with Crippen molar-refractivity contribution in [1.29, 1.82) is 0 Å². The first-order valence-corrected chi connectivity index (χ1v) is 2.85. The van der Waals surface area contributed by atoms with Crippen LogP contribution in [0, 0.1) is 0 Å². The predicted octanol–water partition coefficient (Wildman–Crippen LogP) is 0.418. The molecule has 0 saturated carbocycles. The maximum Gasteiger partial charge on any atom is 0.251 e. The molecular formula is C6H12N2O2. The molecule has 0 saturated heterocycles. The molecule has 0 unspecified atom stereocenters. The topological polar surface area (TPSA) is 54.2 Å². The first-order chi connectivity index (χ1) is 4.52. The Labute approximate surface area is 60.2 Å². The van der Waals surface area contributed by atoms with Crippen LogP contribution in [0.4, 0.5) is 0 Å². The Hall–Kier alpha value is -0.900. The quantitative estimate of drug-likeness (QED) is 0.347. The molecule has 0 aliphatic carbocycles. The molecule has 0 aliphatic rings. The molecule has 0 heterocycles. The van der Waals surface area contributed by atoms with Crippen LogP contribution >= 0.6 is 0 Å². The van der Waals surface area contributed by atoms with Crippen LogP contribution in [0.2, 0.25) is 0 Å². The van der Waals surface area contributed by atoms with Crippen LogP contribution in [0.5, 0.6) is 0 Å². The molecule has 0 aromatic carbocycles.